The number of amides is 1. The van der Waals surface area contributed by atoms with Gasteiger partial charge in [0.1, 0.15) is 5.78 Å². The second kappa shape index (κ2) is 9.45. The Labute approximate surface area is 178 Å². The van der Waals surface area contributed by atoms with E-state index in [0.29, 0.717) is 40.4 Å². The lowest BCUT2D eigenvalue weighted by Crippen LogP contribution is -2.24. The lowest BCUT2D eigenvalue weighted by molar-refractivity contribution is -0.154. The van der Waals surface area contributed by atoms with Gasteiger partial charge in [-0.25, -0.2) is 4.98 Å². The van der Waals surface area contributed by atoms with E-state index in [1.54, 1.807) is 32.0 Å². The number of ketones is 1. The number of rotatable bonds is 9. The summed E-state index contributed by atoms with van der Waals surface area (Å²) in [6.07, 6.45) is -0.106. The van der Waals surface area contributed by atoms with E-state index in [2.05, 4.69) is 20.0 Å². The van der Waals surface area contributed by atoms with E-state index in [-0.39, 0.29) is 30.5 Å². The maximum atomic E-state index is 12.6. The summed E-state index contributed by atoms with van der Waals surface area (Å²) in [6, 6.07) is 4.87. The molecule has 1 aliphatic rings. The lowest BCUT2D eigenvalue weighted by atomic mass is 10.1. The number of hydrogen-bond donors (Lipinski definition) is 1. The molecule has 0 bridgehead atoms. The second-order valence-electron chi connectivity index (χ2n) is 7.90. The molecule has 0 spiro atoms. The number of aromatic nitrogens is 2. The van der Waals surface area contributed by atoms with Gasteiger partial charge in [-0.15, -0.1) is 0 Å². The maximum absolute atomic E-state index is 12.6. The van der Waals surface area contributed by atoms with Crippen LogP contribution < -0.4 is 10.1 Å². The third kappa shape index (κ3) is 7.34. The molecule has 0 radical (unpaired) electrons. The van der Waals surface area contributed by atoms with E-state index >= 15 is 0 Å². The van der Waals surface area contributed by atoms with Gasteiger partial charge < -0.3 is 10.1 Å². The maximum Gasteiger partial charge on any atom is 0.422 e. The number of hydrogen-bond acceptors (Lipinski definition) is 5. The third-order valence-corrected chi connectivity index (χ3v) is 4.77. The van der Waals surface area contributed by atoms with E-state index in [1.165, 1.54) is 6.20 Å². The van der Waals surface area contributed by atoms with Gasteiger partial charge in [0, 0.05) is 48.1 Å². The van der Waals surface area contributed by atoms with E-state index in [1.807, 2.05) is 0 Å². The second-order valence-corrected chi connectivity index (χ2v) is 7.90. The van der Waals surface area contributed by atoms with Gasteiger partial charge in [-0.05, 0) is 56.4 Å². The van der Waals surface area contributed by atoms with Crippen LogP contribution in [0.1, 0.15) is 52.1 Å². The standard InChI is InChI=1S/C22H24F3N3O3/c1-13-5-16(11-27-21(13)31-12-22(23,24)25)10-26-20(30)17-6-14(2)28-18(8-17)9-19(29)7-15-3-4-15/h5-6,8,11,15H,3-4,7,9-10,12H2,1-2H3,(H,26,30). The summed E-state index contributed by atoms with van der Waals surface area (Å²) in [5.41, 5.74) is 2.67. The number of carbonyl (C=O) groups excluding carboxylic acids is 2. The SMILES string of the molecule is Cc1cc(C(=O)NCc2cnc(OCC(F)(F)F)c(C)c2)cc(CC(=O)CC2CC2)n1. The van der Waals surface area contributed by atoms with Gasteiger partial charge in [0.05, 0.1) is 0 Å². The molecule has 2 aromatic heterocycles. The van der Waals surface area contributed by atoms with Crippen molar-refractivity contribution in [3.63, 3.8) is 0 Å². The van der Waals surface area contributed by atoms with Crippen LogP contribution in [0.2, 0.25) is 0 Å². The van der Waals surface area contributed by atoms with Crippen LogP contribution in [-0.4, -0.2) is 34.4 Å². The Hall–Kier alpha value is -2.97. The van der Waals surface area contributed by atoms with Gasteiger partial charge in [-0.1, -0.05) is 0 Å². The number of nitrogens with zero attached hydrogens (tertiary/aromatic N) is 2. The van der Waals surface area contributed by atoms with Crippen molar-refractivity contribution >= 4 is 11.7 Å². The Kier molecular flexibility index (Phi) is 6.92. The molecular weight excluding hydrogens is 411 g/mol. The number of pyridine rings is 2. The predicted molar refractivity (Wildman–Crippen MR) is 107 cm³/mol. The van der Waals surface area contributed by atoms with Crippen LogP contribution in [0.4, 0.5) is 13.2 Å². The van der Waals surface area contributed by atoms with Gasteiger partial charge in [-0.2, -0.15) is 13.2 Å². The van der Waals surface area contributed by atoms with E-state index < -0.39 is 12.8 Å². The molecule has 1 amide bonds. The average molecular weight is 435 g/mol. The monoisotopic (exact) mass is 435 g/mol. The van der Waals surface area contributed by atoms with E-state index in [9.17, 15) is 22.8 Å². The molecule has 3 rings (SSSR count). The van der Waals surface area contributed by atoms with Crippen molar-refractivity contribution in [2.45, 2.75) is 52.3 Å². The van der Waals surface area contributed by atoms with Crippen molar-refractivity contribution in [2.75, 3.05) is 6.61 Å². The molecule has 31 heavy (non-hydrogen) atoms. The molecule has 0 aromatic carbocycles. The highest BCUT2D eigenvalue weighted by atomic mass is 19.4. The van der Waals surface area contributed by atoms with Crippen molar-refractivity contribution in [3.05, 3.63) is 52.5 Å². The Morgan fingerprint density at radius 3 is 2.58 bits per heavy atom. The summed E-state index contributed by atoms with van der Waals surface area (Å²) in [4.78, 5) is 32.9. The zero-order chi connectivity index (χ0) is 22.6. The number of carbonyl (C=O) groups is 2. The van der Waals surface area contributed by atoms with Crippen molar-refractivity contribution < 1.29 is 27.5 Å². The molecular formula is C22H24F3N3O3. The molecule has 9 heteroatoms. The zero-order valence-electron chi connectivity index (χ0n) is 17.4. The molecule has 0 aliphatic heterocycles. The molecule has 166 valence electrons. The molecule has 0 atom stereocenters. The molecule has 6 nitrogen and oxygen atoms in total. The Balaban J connectivity index is 1.58. The topological polar surface area (TPSA) is 81.2 Å². The smallest absolute Gasteiger partial charge is 0.422 e. The number of ether oxygens (including phenoxy) is 1. The van der Waals surface area contributed by atoms with Gasteiger partial charge in [0.2, 0.25) is 5.88 Å². The van der Waals surface area contributed by atoms with E-state index in [0.717, 1.165) is 12.8 Å². The first-order valence-electron chi connectivity index (χ1n) is 10.0. The molecule has 0 unspecified atom stereocenters. The quantitative estimate of drug-likeness (QED) is 0.647. The number of alkyl halides is 3. The van der Waals surface area contributed by atoms with Gasteiger partial charge in [0.15, 0.2) is 6.61 Å². The lowest BCUT2D eigenvalue weighted by Gasteiger charge is -2.12. The minimum absolute atomic E-state index is 0.0994. The molecule has 1 N–H and O–H groups in total. The van der Waals surface area contributed by atoms with Crippen LogP contribution in [-0.2, 0) is 17.8 Å². The molecule has 1 fully saturated rings. The summed E-state index contributed by atoms with van der Waals surface area (Å²) < 4.78 is 41.5. The fraction of sp³-hybridized carbons (Fsp3) is 0.455. The highest BCUT2D eigenvalue weighted by molar-refractivity contribution is 5.94. The first-order valence-corrected chi connectivity index (χ1v) is 10.0. The summed E-state index contributed by atoms with van der Waals surface area (Å²) >= 11 is 0. The van der Waals surface area contributed by atoms with Crippen molar-refractivity contribution in [3.8, 4) is 5.88 Å². The number of aryl methyl sites for hydroxylation is 2. The van der Waals surface area contributed by atoms with Crippen LogP contribution in [0.25, 0.3) is 0 Å². The fourth-order valence-electron chi connectivity index (χ4n) is 3.18. The molecule has 1 saturated carbocycles. The summed E-state index contributed by atoms with van der Waals surface area (Å²) in [6.45, 7) is 2.08. The third-order valence-electron chi connectivity index (χ3n) is 4.77. The fourth-order valence-corrected chi connectivity index (χ4v) is 3.18. The van der Waals surface area contributed by atoms with Gasteiger partial charge in [-0.3, -0.25) is 14.6 Å². The minimum Gasteiger partial charge on any atom is -0.468 e. The van der Waals surface area contributed by atoms with Gasteiger partial charge >= 0.3 is 6.18 Å². The number of halogens is 3. The highest BCUT2D eigenvalue weighted by Gasteiger charge is 2.29. The van der Waals surface area contributed by atoms with Crippen LogP contribution in [0.15, 0.2) is 24.4 Å². The van der Waals surface area contributed by atoms with Crippen LogP contribution >= 0.6 is 0 Å². The van der Waals surface area contributed by atoms with Crippen molar-refractivity contribution in [2.24, 2.45) is 5.92 Å². The van der Waals surface area contributed by atoms with Gasteiger partial charge in [0.25, 0.3) is 5.91 Å². The first-order chi connectivity index (χ1) is 14.6. The van der Waals surface area contributed by atoms with Crippen LogP contribution in [0.3, 0.4) is 0 Å². The Morgan fingerprint density at radius 2 is 1.94 bits per heavy atom. The normalized spacial score (nSPS) is 13.7. The first kappa shape index (κ1) is 22.7. The Bertz CT molecular complexity index is 972. The molecule has 1 aliphatic carbocycles. The summed E-state index contributed by atoms with van der Waals surface area (Å²) in [7, 11) is 0. The average Bonchev–Trinajstić information content (AvgIpc) is 3.47. The zero-order valence-corrected chi connectivity index (χ0v) is 17.4. The van der Waals surface area contributed by atoms with Crippen molar-refractivity contribution in [1.82, 2.24) is 15.3 Å². The minimum atomic E-state index is -4.44. The molecule has 2 heterocycles. The van der Waals surface area contributed by atoms with Crippen LogP contribution in [0.5, 0.6) is 5.88 Å². The largest absolute Gasteiger partial charge is 0.468 e. The number of nitrogens with one attached hydrogen (secondary N) is 1. The summed E-state index contributed by atoms with van der Waals surface area (Å²) in [5, 5.41) is 2.76. The number of Topliss-reactive ketones (excluding diaryl/α,β-unsaturated/α-hetero) is 1. The molecule has 0 saturated heterocycles. The van der Waals surface area contributed by atoms with E-state index in [4.69, 9.17) is 0 Å². The predicted octanol–water partition coefficient (Wildman–Crippen LogP) is 3.88. The Morgan fingerprint density at radius 1 is 1.19 bits per heavy atom. The van der Waals surface area contributed by atoms with Crippen molar-refractivity contribution in [1.29, 1.82) is 0 Å². The highest BCUT2D eigenvalue weighted by Crippen LogP contribution is 2.32. The summed E-state index contributed by atoms with van der Waals surface area (Å²) in [5.74, 6) is 0.192. The van der Waals surface area contributed by atoms with Crippen LogP contribution in [0, 0.1) is 19.8 Å². The molecule has 2 aromatic rings.